The smallest absolute Gasteiger partial charge is 0.124 e. The van der Waals surface area contributed by atoms with Crippen molar-refractivity contribution in [3.8, 4) is 0 Å². The molecular formula is C12H12BrFS. The minimum Gasteiger partial charge on any atom is -0.207 e. The van der Waals surface area contributed by atoms with Gasteiger partial charge < -0.3 is 0 Å². The number of hydrogen-bond acceptors (Lipinski definition) is 1. The molecule has 1 aliphatic rings. The summed E-state index contributed by atoms with van der Waals surface area (Å²) in [6.45, 7) is 0. The fraction of sp³-hybridized carbons (Fsp3) is 0.417. The summed E-state index contributed by atoms with van der Waals surface area (Å²) in [7, 11) is 0. The predicted molar refractivity (Wildman–Crippen MR) is 67.9 cm³/mol. The van der Waals surface area contributed by atoms with E-state index in [1.807, 2.05) is 6.07 Å². The Morgan fingerprint density at radius 1 is 1.33 bits per heavy atom. The van der Waals surface area contributed by atoms with Crippen LogP contribution in [0, 0.1) is 5.82 Å². The van der Waals surface area contributed by atoms with Crippen molar-refractivity contribution in [2.45, 2.75) is 31.6 Å². The van der Waals surface area contributed by atoms with Gasteiger partial charge in [0.1, 0.15) is 5.82 Å². The molecule has 0 aliphatic heterocycles. The first-order valence-electron chi connectivity index (χ1n) is 5.16. The fourth-order valence-corrected chi connectivity index (χ4v) is 3.11. The summed E-state index contributed by atoms with van der Waals surface area (Å²) in [5.74, 6) is 0.135. The minimum atomic E-state index is -0.202. The first kappa shape index (κ1) is 11.2. The van der Waals surface area contributed by atoms with Crippen molar-refractivity contribution in [2.24, 2.45) is 0 Å². The van der Waals surface area contributed by atoms with Gasteiger partial charge in [-0.1, -0.05) is 40.6 Å². The van der Waals surface area contributed by atoms with E-state index >= 15 is 0 Å². The zero-order chi connectivity index (χ0) is 10.8. The molecule has 0 bridgehead atoms. The van der Waals surface area contributed by atoms with E-state index in [0.29, 0.717) is 5.92 Å². The SMILES string of the molecule is Fc1ccc(C2CCCCC2=S)c(Br)c1. The van der Waals surface area contributed by atoms with E-state index in [4.69, 9.17) is 12.2 Å². The highest BCUT2D eigenvalue weighted by Crippen LogP contribution is 2.35. The zero-order valence-electron chi connectivity index (χ0n) is 8.30. The Morgan fingerprint density at radius 3 is 2.80 bits per heavy atom. The Balaban J connectivity index is 2.31. The largest absolute Gasteiger partial charge is 0.207 e. The molecule has 1 unspecified atom stereocenters. The number of thiocarbonyl (C=S) groups is 1. The maximum absolute atomic E-state index is 12.9. The van der Waals surface area contributed by atoms with Crippen LogP contribution in [0.25, 0.3) is 0 Å². The third kappa shape index (κ3) is 2.45. The molecule has 1 fully saturated rings. The molecule has 0 heterocycles. The van der Waals surface area contributed by atoms with Crippen LogP contribution in [0.5, 0.6) is 0 Å². The Kier molecular flexibility index (Phi) is 3.52. The highest BCUT2D eigenvalue weighted by molar-refractivity contribution is 9.10. The highest BCUT2D eigenvalue weighted by atomic mass is 79.9. The van der Waals surface area contributed by atoms with Crippen molar-refractivity contribution in [3.63, 3.8) is 0 Å². The van der Waals surface area contributed by atoms with Crippen LogP contribution < -0.4 is 0 Å². The molecule has 3 heteroatoms. The van der Waals surface area contributed by atoms with Crippen molar-refractivity contribution < 1.29 is 4.39 Å². The van der Waals surface area contributed by atoms with Crippen molar-refractivity contribution in [3.05, 3.63) is 34.1 Å². The maximum atomic E-state index is 12.9. The first-order chi connectivity index (χ1) is 7.18. The van der Waals surface area contributed by atoms with E-state index in [0.717, 1.165) is 27.7 Å². The van der Waals surface area contributed by atoms with Crippen molar-refractivity contribution in [2.75, 3.05) is 0 Å². The Labute approximate surface area is 103 Å². The lowest BCUT2D eigenvalue weighted by Crippen LogP contribution is -2.15. The summed E-state index contributed by atoms with van der Waals surface area (Å²) in [4.78, 5) is 1.12. The monoisotopic (exact) mass is 286 g/mol. The van der Waals surface area contributed by atoms with Gasteiger partial charge in [-0.15, -0.1) is 0 Å². The van der Waals surface area contributed by atoms with Gasteiger partial charge in [-0.3, -0.25) is 0 Å². The molecule has 1 aromatic rings. The zero-order valence-corrected chi connectivity index (χ0v) is 10.7. The molecule has 0 saturated heterocycles. The Bertz CT molecular complexity index is 389. The standard InChI is InChI=1S/C12H12BrFS/c13-11-7-8(14)5-6-9(11)10-3-1-2-4-12(10)15/h5-7,10H,1-4H2. The molecule has 0 spiro atoms. The summed E-state index contributed by atoms with van der Waals surface area (Å²) in [5, 5.41) is 0. The molecule has 1 saturated carbocycles. The summed E-state index contributed by atoms with van der Waals surface area (Å²) in [6, 6.07) is 4.88. The summed E-state index contributed by atoms with van der Waals surface area (Å²) in [5.41, 5.74) is 1.14. The Hall–Kier alpha value is -0.280. The van der Waals surface area contributed by atoms with E-state index in [2.05, 4.69) is 15.9 Å². The van der Waals surface area contributed by atoms with Gasteiger partial charge in [0, 0.05) is 15.3 Å². The van der Waals surface area contributed by atoms with E-state index in [1.54, 1.807) is 0 Å². The lowest BCUT2D eigenvalue weighted by molar-refractivity contribution is 0.610. The molecule has 80 valence electrons. The van der Waals surface area contributed by atoms with E-state index in [1.165, 1.54) is 25.0 Å². The topological polar surface area (TPSA) is 0 Å². The van der Waals surface area contributed by atoms with Crippen LogP contribution in [0.15, 0.2) is 22.7 Å². The lowest BCUT2D eigenvalue weighted by Gasteiger charge is -2.24. The summed E-state index contributed by atoms with van der Waals surface area (Å²) >= 11 is 8.80. The van der Waals surface area contributed by atoms with Crippen LogP contribution in [0.1, 0.15) is 37.2 Å². The van der Waals surface area contributed by atoms with E-state index in [9.17, 15) is 4.39 Å². The van der Waals surface area contributed by atoms with Crippen LogP contribution in [0.2, 0.25) is 0 Å². The maximum Gasteiger partial charge on any atom is 0.124 e. The number of benzene rings is 1. The van der Waals surface area contributed by atoms with Gasteiger partial charge in [-0.2, -0.15) is 0 Å². The molecule has 0 amide bonds. The third-order valence-corrected chi connectivity index (χ3v) is 4.07. The molecule has 1 aliphatic carbocycles. The van der Waals surface area contributed by atoms with Crippen molar-refractivity contribution >= 4 is 33.0 Å². The number of rotatable bonds is 1. The Morgan fingerprint density at radius 2 is 2.13 bits per heavy atom. The average Bonchev–Trinajstić information content (AvgIpc) is 2.20. The normalized spacial score (nSPS) is 21.7. The molecule has 2 rings (SSSR count). The van der Waals surface area contributed by atoms with Gasteiger partial charge in [0.25, 0.3) is 0 Å². The second-order valence-electron chi connectivity index (χ2n) is 3.93. The average molecular weight is 287 g/mol. The molecular weight excluding hydrogens is 275 g/mol. The van der Waals surface area contributed by atoms with E-state index < -0.39 is 0 Å². The van der Waals surface area contributed by atoms with Crippen LogP contribution in [-0.4, -0.2) is 4.86 Å². The minimum absolute atomic E-state index is 0.202. The van der Waals surface area contributed by atoms with Crippen LogP contribution in [-0.2, 0) is 0 Å². The summed E-state index contributed by atoms with van der Waals surface area (Å²) in [6.07, 6.45) is 4.55. The second kappa shape index (κ2) is 4.71. The molecule has 1 aromatic carbocycles. The van der Waals surface area contributed by atoms with E-state index in [-0.39, 0.29) is 5.82 Å². The van der Waals surface area contributed by atoms with Gasteiger partial charge in [-0.05, 0) is 37.0 Å². The van der Waals surface area contributed by atoms with Gasteiger partial charge in [0.05, 0.1) is 0 Å². The van der Waals surface area contributed by atoms with Gasteiger partial charge in [-0.25, -0.2) is 4.39 Å². The number of hydrogen-bond donors (Lipinski definition) is 0. The first-order valence-corrected chi connectivity index (χ1v) is 6.36. The highest BCUT2D eigenvalue weighted by Gasteiger charge is 2.22. The van der Waals surface area contributed by atoms with Crippen molar-refractivity contribution in [1.82, 2.24) is 0 Å². The molecule has 15 heavy (non-hydrogen) atoms. The molecule has 0 radical (unpaired) electrons. The van der Waals surface area contributed by atoms with Crippen molar-refractivity contribution in [1.29, 1.82) is 0 Å². The van der Waals surface area contributed by atoms with Crippen LogP contribution in [0.4, 0.5) is 4.39 Å². The third-order valence-electron chi connectivity index (χ3n) is 2.89. The van der Waals surface area contributed by atoms with Crippen LogP contribution in [0.3, 0.4) is 0 Å². The van der Waals surface area contributed by atoms with Gasteiger partial charge in [0.2, 0.25) is 0 Å². The summed E-state index contributed by atoms with van der Waals surface area (Å²) < 4.78 is 13.8. The molecule has 0 aromatic heterocycles. The van der Waals surface area contributed by atoms with Gasteiger partial charge >= 0.3 is 0 Å². The second-order valence-corrected chi connectivity index (χ2v) is 5.31. The molecule has 0 N–H and O–H groups in total. The fourth-order valence-electron chi connectivity index (χ4n) is 2.10. The van der Waals surface area contributed by atoms with Crippen LogP contribution >= 0.6 is 28.1 Å². The predicted octanol–water partition coefficient (Wildman–Crippen LogP) is 4.62. The number of halogens is 2. The lowest BCUT2D eigenvalue weighted by atomic mass is 9.84. The molecule has 0 nitrogen and oxygen atoms in total. The quantitative estimate of drug-likeness (QED) is 0.679. The van der Waals surface area contributed by atoms with Gasteiger partial charge in [0.15, 0.2) is 0 Å². The molecule has 1 atom stereocenters.